The van der Waals surface area contributed by atoms with Crippen molar-refractivity contribution in [3.8, 4) is 0 Å². The van der Waals surface area contributed by atoms with Gasteiger partial charge in [0.25, 0.3) is 0 Å². The lowest BCUT2D eigenvalue weighted by molar-refractivity contribution is -0.125. The molecule has 126 valence electrons. The van der Waals surface area contributed by atoms with E-state index in [0.29, 0.717) is 30.6 Å². The first-order valence-corrected chi connectivity index (χ1v) is 9.10. The highest BCUT2D eigenvalue weighted by Gasteiger charge is 2.33. The third-order valence-electron chi connectivity index (χ3n) is 3.87. The van der Waals surface area contributed by atoms with Crippen molar-refractivity contribution in [2.75, 3.05) is 18.1 Å². The summed E-state index contributed by atoms with van der Waals surface area (Å²) >= 11 is 0. The van der Waals surface area contributed by atoms with Crippen molar-refractivity contribution >= 4 is 33.8 Å². The molecule has 0 bridgehead atoms. The molecule has 5 nitrogen and oxygen atoms in total. The predicted molar refractivity (Wildman–Crippen MR) is 92.9 cm³/mol. The number of anilines is 1. The van der Waals surface area contributed by atoms with Gasteiger partial charge in [0, 0.05) is 18.5 Å². The zero-order chi connectivity index (χ0) is 16.1. The SMILES string of the molecule is CCC(CC)(CN)C(=O)Nc1ccc(CS(C)(=O)=O)cc1.Cl. The maximum absolute atomic E-state index is 12.4. The Morgan fingerprint density at radius 2 is 1.68 bits per heavy atom. The summed E-state index contributed by atoms with van der Waals surface area (Å²) in [7, 11) is -3.05. The minimum Gasteiger partial charge on any atom is -0.329 e. The topological polar surface area (TPSA) is 89.3 Å². The standard InChI is InChI=1S/C15H24N2O3S.ClH/c1-4-15(5-2,11-16)14(18)17-13-8-6-12(7-9-13)10-21(3,19)20;/h6-9H,4-5,10-11,16H2,1-3H3,(H,17,18);1H. The lowest BCUT2D eigenvalue weighted by atomic mass is 9.81. The van der Waals surface area contributed by atoms with Crippen LogP contribution in [0.15, 0.2) is 24.3 Å². The fourth-order valence-corrected chi connectivity index (χ4v) is 3.00. The van der Waals surface area contributed by atoms with E-state index in [1.165, 1.54) is 6.26 Å². The fourth-order valence-electron chi connectivity index (χ4n) is 2.20. The molecule has 1 aromatic rings. The predicted octanol–water partition coefficient (Wildman–Crippen LogP) is 2.36. The Morgan fingerprint density at radius 1 is 1.18 bits per heavy atom. The molecule has 0 saturated heterocycles. The molecule has 0 fully saturated rings. The van der Waals surface area contributed by atoms with E-state index in [1.807, 2.05) is 13.8 Å². The monoisotopic (exact) mass is 348 g/mol. The summed E-state index contributed by atoms with van der Waals surface area (Å²) in [6.07, 6.45) is 2.55. The molecule has 1 aromatic carbocycles. The number of rotatable bonds is 7. The summed E-state index contributed by atoms with van der Waals surface area (Å²) in [6, 6.07) is 6.84. The summed E-state index contributed by atoms with van der Waals surface area (Å²) < 4.78 is 22.5. The molecule has 0 atom stereocenters. The maximum Gasteiger partial charge on any atom is 0.231 e. The molecule has 0 aliphatic carbocycles. The number of carbonyl (C=O) groups excluding carboxylic acids is 1. The number of hydrogen-bond acceptors (Lipinski definition) is 4. The minimum atomic E-state index is -3.05. The number of nitrogens with one attached hydrogen (secondary N) is 1. The third-order valence-corrected chi connectivity index (χ3v) is 4.72. The number of benzene rings is 1. The molecule has 1 rings (SSSR count). The maximum atomic E-state index is 12.4. The zero-order valence-electron chi connectivity index (χ0n) is 13.3. The van der Waals surface area contributed by atoms with Crippen LogP contribution < -0.4 is 11.1 Å². The van der Waals surface area contributed by atoms with Crippen LogP contribution in [0.1, 0.15) is 32.3 Å². The van der Waals surface area contributed by atoms with Gasteiger partial charge in [0.1, 0.15) is 0 Å². The molecule has 0 radical (unpaired) electrons. The molecule has 22 heavy (non-hydrogen) atoms. The van der Waals surface area contributed by atoms with E-state index in [2.05, 4.69) is 5.32 Å². The van der Waals surface area contributed by atoms with Gasteiger partial charge in [-0.1, -0.05) is 26.0 Å². The van der Waals surface area contributed by atoms with Gasteiger partial charge in [-0.25, -0.2) is 8.42 Å². The van der Waals surface area contributed by atoms with E-state index in [-0.39, 0.29) is 24.1 Å². The third kappa shape index (κ3) is 5.59. The normalized spacial score (nSPS) is 11.6. The second-order valence-corrected chi connectivity index (χ2v) is 7.55. The molecule has 1 amide bonds. The van der Waals surface area contributed by atoms with Crippen molar-refractivity contribution in [3.05, 3.63) is 29.8 Å². The van der Waals surface area contributed by atoms with Crippen molar-refractivity contribution in [1.82, 2.24) is 0 Å². The summed E-state index contributed by atoms with van der Waals surface area (Å²) in [5.41, 5.74) is 6.55. The van der Waals surface area contributed by atoms with Gasteiger partial charge >= 0.3 is 0 Å². The van der Waals surface area contributed by atoms with Crippen LogP contribution in [0.2, 0.25) is 0 Å². The molecule has 3 N–H and O–H groups in total. The van der Waals surface area contributed by atoms with Crippen LogP contribution in [-0.2, 0) is 20.4 Å². The van der Waals surface area contributed by atoms with Crippen LogP contribution in [0.25, 0.3) is 0 Å². The molecule has 0 aliphatic heterocycles. The molecule has 0 aromatic heterocycles. The van der Waals surface area contributed by atoms with Gasteiger partial charge in [0.05, 0.1) is 11.2 Å². The Kier molecular flexibility index (Phi) is 8.07. The minimum absolute atomic E-state index is 0. The Bertz CT molecular complexity index is 573. The van der Waals surface area contributed by atoms with Gasteiger partial charge in [0.2, 0.25) is 5.91 Å². The van der Waals surface area contributed by atoms with Crippen molar-refractivity contribution in [2.24, 2.45) is 11.1 Å². The Labute approximate surface area is 139 Å². The first-order chi connectivity index (χ1) is 9.76. The molecule has 0 heterocycles. The van der Waals surface area contributed by atoms with Crippen LogP contribution in [-0.4, -0.2) is 27.1 Å². The molecule has 0 spiro atoms. The molecular formula is C15H25ClN2O3S. The Hall–Kier alpha value is -1.11. The van der Waals surface area contributed by atoms with E-state index in [1.54, 1.807) is 24.3 Å². The summed E-state index contributed by atoms with van der Waals surface area (Å²) in [5.74, 6) is -0.0939. The van der Waals surface area contributed by atoms with E-state index in [0.717, 1.165) is 0 Å². The highest BCUT2D eigenvalue weighted by Crippen LogP contribution is 2.27. The quantitative estimate of drug-likeness (QED) is 0.791. The number of hydrogen-bond donors (Lipinski definition) is 2. The average molecular weight is 349 g/mol. The van der Waals surface area contributed by atoms with Crippen LogP contribution >= 0.6 is 12.4 Å². The van der Waals surface area contributed by atoms with Crippen LogP contribution in [0.3, 0.4) is 0 Å². The summed E-state index contributed by atoms with van der Waals surface area (Å²) in [5, 5.41) is 2.86. The van der Waals surface area contributed by atoms with Crippen molar-refractivity contribution in [3.63, 3.8) is 0 Å². The lowest BCUT2D eigenvalue weighted by Crippen LogP contribution is -2.41. The number of sulfone groups is 1. The van der Waals surface area contributed by atoms with Crippen molar-refractivity contribution in [1.29, 1.82) is 0 Å². The highest BCUT2D eigenvalue weighted by molar-refractivity contribution is 7.89. The van der Waals surface area contributed by atoms with E-state index in [9.17, 15) is 13.2 Å². The first kappa shape index (κ1) is 20.9. The Morgan fingerprint density at radius 3 is 2.05 bits per heavy atom. The lowest BCUT2D eigenvalue weighted by Gasteiger charge is -2.28. The van der Waals surface area contributed by atoms with E-state index in [4.69, 9.17) is 5.73 Å². The molecule has 0 saturated carbocycles. The van der Waals surface area contributed by atoms with E-state index >= 15 is 0 Å². The van der Waals surface area contributed by atoms with E-state index < -0.39 is 15.3 Å². The van der Waals surface area contributed by atoms with Crippen molar-refractivity contribution in [2.45, 2.75) is 32.4 Å². The van der Waals surface area contributed by atoms with Gasteiger partial charge in [0.15, 0.2) is 9.84 Å². The van der Waals surface area contributed by atoms with Gasteiger partial charge in [-0.15, -0.1) is 12.4 Å². The summed E-state index contributed by atoms with van der Waals surface area (Å²) in [4.78, 5) is 12.4. The van der Waals surface area contributed by atoms with Gasteiger partial charge in [-0.05, 0) is 30.5 Å². The van der Waals surface area contributed by atoms with Crippen molar-refractivity contribution < 1.29 is 13.2 Å². The average Bonchev–Trinajstić information content (AvgIpc) is 2.42. The Balaban J connectivity index is 0.00000441. The molecule has 7 heteroatoms. The number of amides is 1. The zero-order valence-corrected chi connectivity index (χ0v) is 14.9. The number of halogens is 1. The number of nitrogens with two attached hydrogens (primary N) is 1. The van der Waals surface area contributed by atoms with Gasteiger partial charge < -0.3 is 11.1 Å². The van der Waals surface area contributed by atoms with Gasteiger partial charge in [-0.2, -0.15) is 0 Å². The van der Waals surface area contributed by atoms with Gasteiger partial charge in [-0.3, -0.25) is 4.79 Å². The molecular weight excluding hydrogens is 324 g/mol. The largest absolute Gasteiger partial charge is 0.329 e. The summed E-state index contributed by atoms with van der Waals surface area (Å²) in [6.45, 7) is 4.20. The van der Waals surface area contributed by atoms with Crippen LogP contribution in [0, 0.1) is 5.41 Å². The second-order valence-electron chi connectivity index (χ2n) is 5.41. The van der Waals surface area contributed by atoms with Crippen LogP contribution in [0.4, 0.5) is 5.69 Å². The highest BCUT2D eigenvalue weighted by atomic mass is 35.5. The van der Waals surface area contributed by atoms with Crippen LogP contribution in [0.5, 0.6) is 0 Å². The number of carbonyl (C=O) groups is 1. The fraction of sp³-hybridized carbons (Fsp3) is 0.533. The first-order valence-electron chi connectivity index (χ1n) is 7.04. The smallest absolute Gasteiger partial charge is 0.231 e. The molecule has 0 aliphatic rings. The molecule has 0 unspecified atom stereocenters. The second kappa shape index (κ2) is 8.50.